The fraction of sp³-hybridized carbons (Fsp3) is 0.538. The average Bonchev–Trinajstić information content (AvgIpc) is 2.23. The van der Waals surface area contributed by atoms with Gasteiger partial charge in [0.25, 0.3) is 0 Å². The molecule has 0 unspecified atom stereocenters. The molecule has 0 aliphatic heterocycles. The van der Waals surface area contributed by atoms with E-state index >= 15 is 0 Å². The van der Waals surface area contributed by atoms with Gasteiger partial charge in [-0.1, -0.05) is 18.6 Å². The van der Waals surface area contributed by atoms with Crippen LogP contribution in [0.2, 0.25) is 0 Å². The fourth-order valence-electron chi connectivity index (χ4n) is 2.41. The Hall–Kier alpha value is -1.22. The Morgan fingerprint density at radius 3 is 2.69 bits per heavy atom. The second kappa shape index (κ2) is 4.34. The van der Waals surface area contributed by atoms with Gasteiger partial charge in [-0.2, -0.15) is 0 Å². The maximum absolute atomic E-state index is 10.2. The summed E-state index contributed by atoms with van der Waals surface area (Å²) in [4.78, 5) is 0. The van der Waals surface area contributed by atoms with Crippen molar-refractivity contribution < 1.29 is 9.84 Å². The first-order valence-electron chi connectivity index (χ1n) is 5.89. The number of hydrogen-bond acceptors (Lipinski definition) is 3. The topological polar surface area (TPSA) is 55.5 Å². The van der Waals surface area contributed by atoms with Crippen molar-refractivity contribution in [2.45, 2.75) is 31.6 Å². The Morgan fingerprint density at radius 2 is 2.19 bits per heavy atom. The predicted octanol–water partition coefficient (Wildman–Crippen LogP) is 2.17. The monoisotopic (exact) mass is 221 g/mol. The molecule has 2 rings (SSSR count). The van der Waals surface area contributed by atoms with E-state index < -0.39 is 0 Å². The van der Waals surface area contributed by atoms with Gasteiger partial charge in [0.15, 0.2) is 11.5 Å². The van der Waals surface area contributed by atoms with Crippen molar-refractivity contribution in [2.24, 2.45) is 5.73 Å². The van der Waals surface area contributed by atoms with Gasteiger partial charge in [-0.15, -0.1) is 0 Å². The zero-order chi connectivity index (χ0) is 11.6. The van der Waals surface area contributed by atoms with Crippen LogP contribution in [0.3, 0.4) is 0 Å². The molecule has 0 aromatic heterocycles. The van der Waals surface area contributed by atoms with Crippen LogP contribution in [-0.2, 0) is 5.41 Å². The van der Waals surface area contributed by atoms with Crippen molar-refractivity contribution in [2.75, 3.05) is 13.2 Å². The third-order valence-electron chi connectivity index (χ3n) is 3.57. The minimum Gasteiger partial charge on any atom is -0.504 e. The van der Waals surface area contributed by atoms with E-state index in [1.807, 2.05) is 19.1 Å². The van der Waals surface area contributed by atoms with Crippen LogP contribution >= 0.6 is 0 Å². The maximum atomic E-state index is 10.2. The molecule has 1 aliphatic rings. The smallest absolute Gasteiger partial charge is 0.161 e. The van der Waals surface area contributed by atoms with Crippen LogP contribution in [0.1, 0.15) is 31.7 Å². The third-order valence-corrected chi connectivity index (χ3v) is 3.57. The van der Waals surface area contributed by atoms with Crippen LogP contribution < -0.4 is 10.5 Å². The van der Waals surface area contributed by atoms with Gasteiger partial charge in [0.1, 0.15) is 0 Å². The van der Waals surface area contributed by atoms with Crippen molar-refractivity contribution >= 4 is 0 Å². The molecule has 0 amide bonds. The summed E-state index contributed by atoms with van der Waals surface area (Å²) in [6.45, 7) is 3.07. The molecule has 0 radical (unpaired) electrons. The molecule has 0 spiro atoms. The fourth-order valence-corrected chi connectivity index (χ4v) is 2.41. The van der Waals surface area contributed by atoms with E-state index in [1.165, 1.54) is 6.42 Å². The van der Waals surface area contributed by atoms with E-state index in [4.69, 9.17) is 10.5 Å². The second-order valence-electron chi connectivity index (χ2n) is 4.42. The van der Waals surface area contributed by atoms with Crippen LogP contribution in [0.4, 0.5) is 0 Å². The summed E-state index contributed by atoms with van der Waals surface area (Å²) in [5, 5.41) is 10.2. The Kier molecular flexibility index (Phi) is 3.06. The predicted molar refractivity (Wildman–Crippen MR) is 63.9 cm³/mol. The van der Waals surface area contributed by atoms with E-state index in [-0.39, 0.29) is 11.2 Å². The molecule has 3 N–H and O–H groups in total. The van der Waals surface area contributed by atoms with Gasteiger partial charge in [0.05, 0.1) is 6.61 Å². The van der Waals surface area contributed by atoms with Gasteiger partial charge in [-0.3, -0.25) is 0 Å². The van der Waals surface area contributed by atoms with Crippen LogP contribution in [0.15, 0.2) is 18.2 Å². The highest BCUT2D eigenvalue weighted by Crippen LogP contribution is 2.48. The lowest BCUT2D eigenvalue weighted by atomic mass is 9.64. The van der Waals surface area contributed by atoms with Gasteiger partial charge in [0, 0.05) is 17.5 Å². The second-order valence-corrected chi connectivity index (χ2v) is 4.42. The van der Waals surface area contributed by atoms with E-state index in [2.05, 4.69) is 0 Å². The number of phenols is 1. The van der Waals surface area contributed by atoms with Crippen molar-refractivity contribution in [3.8, 4) is 11.5 Å². The molecule has 16 heavy (non-hydrogen) atoms. The number of rotatable bonds is 4. The van der Waals surface area contributed by atoms with Crippen LogP contribution in [0, 0.1) is 0 Å². The van der Waals surface area contributed by atoms with Gasteiger partial charge in [-0.05, 0) is 25.8 Å². The summed E-state index contributed by atoms with van der Waals surface area (Å²) >= 11 is 0. The highest BCUT2D eigenvalue weighted by atomic mass is 16.5. The standard InChI is InChI=1S/C13H19NO2/c1-2-16-11-6-3-5-10(12(11)15)13(9-14)7-4-8-13/h3,5-6,15H,2,4,7-9,14H2,1H3. The third kappa shape index (κ3) is 1.65. The molecule has 0 heterocycles. The van der Waals surface area contributed by atoms with E-state index in [0.29, 0.717) is 18.9 Å². The summed E-state index contributed by atoms with van der Waals surface area (Å²) in [5.41, 5.74) is 6.78. The minimum atomic E-state index is -0.0167. The van der Waals surface area contributed by atoms with Gasteiger partial charge < -0.3 is 15.6 Å². The molecule has 1 aliphatic carbocycles. The first-order valence-corrected chi connectivity index (χ1v) is 5.89. The van der Waals surface area contributed by atoms with E-state index in [0.717, 1.165) is 18.4 Å². The summed E-state index contributed by atoms with van der Waals surface area (Å²) in [5.74, 6) is 0.842. The lowest BCUT2D eigenvalue weighted by molar-refractivity contribution is 0.240. The van der Waals surface area contributed by atoms with E-state index in [1.54, 1.807) is 6.07 Å². The average molecular weight is 221 g/mol. The number of aromatic hydroxyl groups is 1. The number of nitrogens with two attached hydrogens (primary N) is 1. The first-order chi connectivity index (χ1) is 7.73. The van der Waals surface area contributed by atoms with Crippen molar-refractivity contribution in [3.05, 3.63) is 23.8 Å². The Balaban J connectivity index is 2.37. The van der Waals surface area contributed by atoms with Gasteiger partial charge in [-0.25, -0.2) is 0 Å². The highest BCUT2D eigenvalue weighted by Gasteiger charge is 2.39. The first kappa shape index (κ1) is 11.3. The molecule has 3 nitrogen and oxygen atoms in total. The molecule has 0 saturated heterocycles. The molecule has 3 heteroatoms. The van der Waals surface area contributed by atoms with Crippen LogP contribution in [-0.4, -0.2) is 18.3 Å². The molecule has 1 aromatic rings. The van der Waals surface area contributed by atoms with Gasteiger partial charge >= 0.3 is 0 Å². The normalized spacial score (nSPS) is 17.9. The zero-order valence-corrected chi connectivity index (χ0v) is 9.70. The van der Waals surface area contributed by atoms with Crippen molar-refractivity contribution in [1.82, 2.24) is 0 Å². The summed E-state index contributed by atoms with van der Waals surface area (Å²) in [6.07, 6.45) is 3.31. The number of phenolic OH excluding ortho intramolecular Hbond substituents is 1. The molecule has 88 valence electrons. The highest BCUT2D eigenvalue weighted by molar-refractivity contribution is 5.50. The molecule has 0 bridgehead atoms. The molecule has 1 aromatic carbocycles. The summed E-state index contributed by atoms with van der Waals surface area (Å²) < 4.78 is 5.39. The molecule has 1 fully saturated rings. The largest absolute Gasteiger partial charge is 0.504 e. The number of ether oxygens (including phenoxy) is 1. The molecule has 1 saturated carbocycles. The number of para-hydroxylation sites is 1. The molecular weight excluding hydrogens is 202 g/mol. The SMILES string of the molecule is CCOc1cccc(C2(CN)CCC2)c1O. The van der Waals surface area contributed by atoms with Crippen LogP contribution in [0.5, 0.6) is 11.5 Å². The Morgan fingerprint density at radius 1 is 1.44 bits per heavy atom. The van der Waals surface area contributed by atoms with Crippen LogP contribution in [0.25, 0.3) is 0 Å². The zero-order valence-electron chi connectivity index (χ0n) is 9.70. The van der Waals surface area contributed by atoms with Gasteiger partial charge in [0.2, 0.25) is 0 Å². The minimum absolute atomic E-state index is 0.0167. The lowest BCUT2D eigenvalue weighted by Gasteiger charge is -2.41. The van der Waals surface area contributed by atoms with Crippen molar-refractivity contribution in [3.63, 3.8) is 0 Å². The molecule has 0 atom stereocenters. The Bertz CT molecular complexity index is 367. The number of hydrogen-bond donors (Lipinski definition) is 2. The quantitative estimate of drug-likeness (QED) is 0.819. The Labute approximate surface area is 96.2 Å². The number of benzene rings is 1. The summed E-state index contributed by atoms with van der Waals surface area (Å²) in [6, 6.07) is 5.69. The van der Waals surface area contributed by atoms with E-state index in [9.17, 15) is 5.11 Å². The molecular formula is C13H19NO2. The van der Waals surface area contributed by atoms with Crippen molar-refractivity contribution in [1.29, 1.82) is 0 Å². The lowest BCUT2D eigenvalue weighted by Crippen LogP contribution is -2.41. The maximum Gasteiger partial charge on any atom is 0.161 e. The summed E-state index contributed by atoms with van der Waals surface area (Å²) in [7, 11) is 0.